The van der Waals surface area contributed by atoms with E-state index in [9.17, 15) is 4.79 Å². The molecule has 1 aliphatic rings. The molecule has 0 spiro atoms. The van der Waals surface area contributed by atoms with Crippen LogP contribution in [-0.4, -0.2) is 23.8 Å². The molecule has 1 aliphatic carbocycles. The lowest BCUT2D eigenvalue weighted by atomic mass is 9.84. The molecule has 3 nitrogen and oxygen atoms in total. The molecular weight excluding hydrogens is 252 g/mol. The number of hydrogen-bond acceptors (Lipinski definition) is 2. The second-order valence-corrected chi connectivity index (χ2v) is 6.38. The van der Waals surface area contributed by atoms with Crippen molar-refractivity contribution in [3.05, 3.63) is 35.4 Å². The monoisotopic (exact) mass is 276 g/mol. The van der Waals surface area contributed by atoms with Gasteiger partial charge in [-0.2, -0.15) is 0 Å². The number of benzene rings is 1. The van der Waals surface area contributed by atoms with Crippen LogP contribution in [0.3, 0.4) is 0 Å². The van der Waals surface area contributed by atoms with Gasteiger partial charge in [-0.25, -0.2) is 0 Å². The van der Waals surface area contributed by atoms with Crippen LogP contribution in [0.25, 0.3) is 0 Å². The average Bonchev–Trinajstić information content (AvgIpc) is 3.20. The standard InChI is InChI=1S/C17H24O3/c1-17(2,20-3)11-13-6-4-5-7-14(13)15(10-16(18)19)12-8-9-12/h4-7,12,15H,8-11H2,1-3H3,(H,18,19). The minimum Gasteiger partial charge on any atom is -0.481 e. The molecule has 110 valence electrons. The maximum absolute atomic E-state index is 11.1. The number of methoxy groups -OCH3 is 1. The van der Waals surface area contributed by atoms with E-state index in [1.54, 1.807) is 7.11 Å². The van der Waals surface area contributed by atoms with E-state index in [2.05, 4.69) is 26.0 Å². The molecule has 1 aromatic rings. The molecule has 1 aromatic carbocycles. The van der Waals surface area contributed by atoms with E-state index >= 15 is 0 Å². The zero-order valence-electron chi connectivity index (χ0n) is 12.6. The highest BCUT2D eigenvalue weighted by atomic mass is 16.5. The van der Waals surface area contributed by atoms with Gasteiger partial charge in [0.1, 0.15) is 0 Å². The molecule has 1 N–H and O–H groups in total. The summed E-state index contributed by atoms with van der Waals surface area (Å²) in [6.07, 6.45) is 3.34. The van der Waals surface area contributed by atoms with Gasteiger partial charge in [0.25, 0.3) is 0 Å². The predicted molar refractivity (Wildman–Crippen MR) is 79.0 cm³/mol. The lowest BCUT2D eigenvalue weighted by Gasteiger charge is -2.26. The number of ether oxygens (including phenoxy) is 1. The van der Waals surface area contributed by atoms with Gasteiger partial charge >= 0.3 is 5.97 Å². The fourth-order valence-corrected chi connectivity index (χ4v) is 2.81. The minimum absolute atomic E-state index is 0.149. The van der Waals surface area contributed by atoms with Crippen LogP contribution in [0, 0.1) is 5.92 Å². The van der Waals surface area contributed by atoms with Gasteiger partial charge < -0.3 is 9.84 Å². The predicted octanol–water partition coefficient (Wildman–Crippen LogP) is 3.62. The van der Waals surface area contributed by atoms with Crippen molar-refractivity contribution < 1.29 is 14.6 Å². The van der Waals surface area contributed by atoms with Crippen molar-refractivity contribution in [2.75, 3.05) is 7.11 Å². The third-order valence-electron chi connectivity index (χ3n) is 4.21. The first-order chi connectivity index (χ1) is 9.43. The zero-order chi connectivity index (χ0) is 14.8. The summed E-state index contributed by atoms with van der Waals surface area (Å²) in [5.74, 6) is -0.0167. The van der Waals surface area contributed by atoms with Crippen molar-refractivity contribution in [1.29, 1.82) is 0 Å². The maximum atomic E-state index is 11.1. The van der Waals surface area contributed by atoms with Gasteiger partial charge in [0.2, 0.25) is 0 Å². The Balaban J connectivity index is 2.27. The molecule has 0 bridgehead atoms. The van der Waals surface area contributed by atoms with Crippen LogP contribution in [0.5, 0.6) is 0 Å². The Kier molecular flexibility index (Phi) is 4.48. The minimum atomic E-state index is -0.706. The molecule has 0 radical (unpaired) electrons. The smallest absolute Gasteiger partial charge is 0.303 e. The normalized spacial score (nSPS) is 16.9. The number of rotatable bonds is 7. The molecule has 1 unspecified atom stereocenters. The Morgan fingerprint density at radius 3 is 2.60 bits per heavy atom. The van der Waals surface area contributed by atoms with Crippen LogP contribution in [0.2, 0.25) is 0 Å². The number of hydrogen-bond donors (Lipinski definition) is 1. The van der Waals surface area contributed by atoms with Crippen LogP contribution in [0.4, 0.5) is 0 Å². The summed E-state index contributed by atoms with van der Waals surface area (Å²) < 4.78 is 5.52. The molecule has 1 fully saturated rings. The molecular formula is C17H24O3. The van der Waals surface area contributed by atoms with E-state index in [0.29, 0.717) is 5.92 Å². The van der Waals surface area contributed by atoms with Gasteiger partial charge in [0.15, 0.2) is 0 Å². The van der Waals surface area contributed by atoms with Crippen molar-refractivity contribution in [3.63, 3.8) is 0 Å². The topological polar surface area (TPSA) is 46.5 Å². The molecule has 1 atom stereocenters. The summed E-state index contributed by atoms with van der Waals surface area (Å²) in [6, 6.07) is 8.23. The molecule has 0 aliphatic heterocycles. The zero-order valence-corrected chi connectivity index (χ0v) is 12.6. The van der Waals surface area contributed by atoms with Gasteiger partial charge in [0, 0.05) is 13.5 Å². The first-order valence-electron chi connectivity index (χ1n) is 7.27. The molecule has 0 amide bonds. The summed E-state index contributed by atoms with van der Waals surface area (Å²) in [6.45, 7) is 4.13. The molecule has 20 heavy (non-hydrogen) atoms. The Morgan fingerprint density at radius 1 is 1.40 bits per heavy atom. The third-order valence-corrected chi connectivity index (χ3v) is 4.21. The van der Waals surface area contributed by atoms with E-state index in [-0.39, 0.29) is 17.9 Å². The van der Waals surface area contributed by atoms with E-state index in [0.717, 1.165) is 19.3 Å². The molecule has 0 saturated heterocycles. The highest BCUT2D eigenvalue weighted by Gasteiger charge is 2.35. The van der Waals surface area contributed by atoms with Crippen LogP contribution in [0.15, 0.2) is 24.3 Å². The number of carboxylic acids is 1. The quantitative estimate of drug-likeness (QED) is 0.827. The van der Waals surface area contributed by atoms with Crippen LogP contribution < -0.4 is 0 Å². The van der Waals surface area contributed by atoms with Crippen LogP contribution in [0.1, 0.15) is 50.2 Å². The molecule has 0 aromatic heterocycles. The van der Waals surface area contributed by atoms with E-state index in [4.69, 9.17) is 9.84 Å². The van der Waals surface area contributed by atoms with Crippen molar-refractivity contribution >= 4 is 5.97 Å². The SMILES string of the molecule is COC(C)(C)Cc1ccccc1C(CC(=O)O)C1CC1. The summed E-state index contributed by atoms with van der Waals surface area (Å²) in [5, 5.41) is 9.17. The Labute approximate surface area is 121 Å². The largest absolute Gasteiger partial charge is 0.481 e. The van der Waals surface area contributed by atoms with E-state index in [1.807, 2.05) is 12.1 Å². The van der Waals surface area contributed by atoms with Crippen molar-refractivity contribution in [2.24, 2.45) is 5.92 Å². The van der Waals surface area contributed by atoms with Gasteiger partial charge in [-0.1, -0.05) is 24.3 Å². The molecule has 3 heteroatoms. The highest BCUT2D eigenvalue weighted by molar-refractivity contribution is 5.68. The maximum Gasteiger partial charge on any atom is 0.303 e. The second-order valence-electron chi connectivity index (χ2n) is 6.38. The van der Waals surface area contributed by atoms with Gasteiger partial charge in [-0.15, -0.1) is 0 Å². The fourth-order valence-electron chi connectivity index (χ4n) is 2.81. The number of carboxylic acid groups (broad SMARTS) is 1. The second kappa shape index (κ2) is 5.96. The molecule has 1 saturated carbocycles. The van der Waals surface area contributed by atoms with Crippen molar-refractivity contribution in [3.8, 4) is 0 Å². The van der Waals surface area contributed by atoms with E-state index in [1.165, 1.54) is 11.1 Å². The van der Waals surface area contributed by atoms with Crippen LogP contribution >= 0.6 is 0 Å². The summed E-state index contributed by atoms with van der Waals surface area (Å²) in [5.41, 5.74) is 2.19. The van der Waals surface area contributed by atoms with Gasteiger partial charge in [-0.05, 0) is 49.7 Å². The third kappa shape index (κ3) is 3.83. The lowest BCUT2D eigenvalue weighted by Crippen LogP contribution is -2.26. The van der Waals surface area contributed by atoms with Crippen molar-refractivity contribution in [2.45, 2.75) is 51.0 Å². The molecule has 0 heterocycles. The molecule has 2 rings (SSSR count). The summed E-state index contributed by atoms with van der Waals surface area (Å²) in [4.78, 5) is 11.1. The Bertz CT molecular complexity index is 475. The summed E-state index contributed by atoms with van der Waals surface area (Å²) in [7, 11) is 1.72. The van der Waals surface area contributed by atoms with E-state index < -0.39 is 5.97 Å². The number of carbonyl (C=O) groups is 1. The van der Waals surface area contributed by atoms with Gasteiger partial charge in [-0.3, -0.25) is 4.79 Å². The number of aliphatic carboxylic acids is 1. The highest BCUT2D eigenvalue weighted by Crippen LogP contribution is 2.45. The Hall–Kier alpha value is -1.35. The summed E-state index contributed by atoms with van der Waals surface area (Å²) >= 11 is 0. The first kappa shape index (κ1) is 15.0. The lowest BCUT2D eigenvalue weighted by molar-refractivity contribution is -0.137. The average molecular weight is 276 g/mol. The van der Waals surface area contributed by atoms with Crippen molar-refractivity contribution in [1.82, 2.24) is 0 Å². The van der Waals surface area contributed by atoms with Crippen LogP contribution in [-0.2, 0) is 16.0 Å². The Morgan fingerprint density at radius 2 is 2.05 bits per heavy atom. The first-order valence-corrected chi connectivity index (χ1v) is 7.27. The fraction of sp³-hybridized carbons (Fsp3) is 0.588. The van der Waals surface area contributed by atoms with Gasteiger partial charge in [0.05, 0.1) is 12.0 Å².